The third-order valence-corrected chi connectivity index (χ3v) is 5.62. The molecule has 0 aliphatic carbocycles. The Bertz CT molecular complexity index is 964. The number of hydrogen-bond acceptors (Lipinski definition) is 5. The molecule has 1 aliphatic heterocycles. The average Bonchev–Trinajstić information content (AvgIpc) is 3.33. The molecule has 3 aromatic rings. The van der Waals surface area contributed by atoms with E-state index < -0.39 is 0 Å². The number of aromatic nitrogens is 3. The highest BCUT2D eigenvalue weighted by Gasteiger charge is 2.26. The molecule has 0 unspecified atom stereocenters. The zero-order valence-electron chi connectivity index (χ0n) is 17.0. The summed E-state index contributed by atoms with van der Waals surface area (Å²) in [4.78, 5) is 23.4. The van der Waals surface area contributed by atoms with E-state index in [0.717, 1.165) is 60.8 Å². The molecule has 0 N–H and O–H groups in total. The Balaban J connectivity index is 1.34. The first-order chi connectivity index (χ1) is 14.1. The number of amides is 1. The first kappa shape index (κ1) is 19.3. The van der Waals surface area contributed by atoms with E-state index in [9.17, 15) is 4.79 Å². The first-order valence-corrected chi connectivity index (χ1v) is 10.2. The lowest BCUT2D eigenvalue weighted by atomic mass is 10.0. The summed E-state index contributed by atoms with van der Waals surface area (Å²) in [5.41, 5.74) is 4.84. The van der Waals surface area contributed by atoms with Crippen LogP contribution in [0, 0.1) is 19.8 Å². The molecule has 1 aromatic carbocycles. The lowest BCUT2D eigenvalue weighted by molar-refractivity contribution is -0.130. The first-order valence-electron chi connectivity index (χ1n) is 10.2. The highest BCUT2D eigenvalue weighted by molar-refractivity contribution is 5.76. The van der Waals surface area contributed by atoms with Crippen molar-refractivity contribution < 1.29 is 9.32 Å². The maximum absolute atomic E-state index is 12.6. The predicted octanol–water partition coefficient (Wildman–Crippen LogP) is 3.77. The fraction of sp³-hybridized carbons (Fsp3) is 0.391. The molecule has 0 bridgehead atoms. The van der Waals surface area contributed by atoms with Crippen LogP contribution < -0.4 is 0 Å². The van der Waals surface area contributed by atoms with E-state index in [2.05, 4.69) is 27.3 Å². The Kier molecular flexibility index (Phi) is 5.69. The van der Waals surface area contributed by atoms with E-state index in [4.69, 9.17) is 4.52 Å². The minimum atomic E-state index is 0.246. The maximum Gasteiger partial charge on any atom is 0.222 e. The van der Waals surface area contributed by atoms with Crippen molar-refractivity contribution in [1.29, 1.82) is 0 Å². The molecule has 0 radical (unpaired) electrons. The monoisotopic (exact) mass is 390 g/mol. The number of aryl methyl sites for hydroxylation is 3. The van der Waals surface area contributed by atoms with E-state index in [1.165, 1.54) is 5.56 Å². The van der Waals surface area contributed by atoms with Gasteiger partial charge in [0.1, 0.15) is 12.1 Å². The van der Waals surface area contributed by atoms with Gasteiger partial charge in [0, 0.05) is 25.2 Å². The minimum Gasteiger partial charge on any atom is -0.361 e. The topological polar surface area (TPSA) is 72.1 Å². The molecule has 4 rings (SSSR count). The Morgan fingerprint density at radius 3 is 2.79 bits per heavy atom. The molecule has 1 aliphatic rings. The summed E-state index contributed by atoms with van der Waals surface area (Å²) in [7, 11) is 0. The van der Waals surface area contributed by atoms with Crippen LogP contribution in [-0.4, -0.2) is 39.0 Å². The summed E-state index contributed by atoms with van der Waals surface area (Å²) in [6.45, 7) is 5.45. The van der Waals surface area contributed by atoms with Crippen molar-refractivity contribution in [1.82, 2.24) is 20.0 Å². The molecule has 150 valence electrons. The lowest BCUT2D eigenvalue weighted by Crippen LogP contribution is -2.29. The second-order valence-electron chi connectivity index (χ2n) is 7.78. The van der Waals surface area contributed by atoms with Gasteiger partial charge in [0.25, 0.3) is 0 Å². The third-order valence-electron chi connectivity index (χ3n) is 5.62. The summed E-state index contributed by atoms with van der Waals surface area (Å²) >= 11 is 0. The molecule has 1 atom stereocenters. The predicted molar refractivity (Wildman–Crippen MR) is 110 cm³/mol. The Morgan fingerprint density at radius 2 is 2.03 bits per heavy atom. The number of rotatable bonds is 6. The Morgan fingerprint density at radius 1 is 1.21 bits per heavy atom. The van der Waals surface area contributed by atoms with Crippen molar-refractivity contribution in [3.05, 3.63) is 65.4 Å². The van der Waals surface area contributed by atoms with Crippen LogP contribution >= 0.6 is 0 Å². The fourth-order valence-electron chi connectivity index (χ4n) is 4.07. The zero-order chi connectivity index (χ0) is 20.2. The Labute approximate surface area is 171 Å². The molecule has 2 aromatic heterocycles. The van der Waals surface area contributed by atoms with Crippen LogP contribution in [0.25, 0.3) is 11.3 Å². The molecule has 29 heavy (non-hydrogen) atoms. The smallest absolute Gasteiger partial charge is 0.222 e. The second-order valence-corrected chi connectivity index (χ2v) is 7.78. The molecule has 1 fully saturated rings. The summed E-state index contributed by atoms with van der Waals surface area (Å²) < 4.78 is 5.26. The van der Waals surface area contributed by atoms with Gasteiger partial charge in [0.05, 0.1) is 17.0 Å². The normalized spacial score (nSPS) is 16.3. The molecule has 1 amide bonds. The second kappa shape index (κ2) is 8.55. The van der Waals surface area contributed by atoms with Gasteiger partial charge in [-0.25, -0.2) is 9.97 Å². The molecule has 6 nitrogen and oxygen atoms in total. The average molecular weight is 390 g/mol. The van der Waals surface area contributed by atoms with E-state index in [0.29, 0.717) is 12.3 Å². The molecule has 6 heteroatoms. The number of likely N-dealkylation sites (tertiary alicyclic amines) is 1. The number of hydrogen-bond donors (Lipinski definition) is 0. The van der Waals surface area contributed by atoms with Crippen molar-refractivity contribution in [2.45, 2.75) is 39.5 Å². The van der Waals surface area contributed by atoms with Crippen molar-refractivity contribution in [2.24, 2.45) is 5.92 Å². The highest BCUT2D eigenvalue weighted by Crippen LogP contribution is 2.27. The quantitative estimate of drug-likeness (QED) is 0.641. The summed E-state index contributed by atoms with van der Waals surface area (Å²) in [5.74, 6) is 1.45. The lowest BCUT2D eigenvalue weighted by Gasteiger charge is -2.16. The molecule has 3 heterocycles. The van der Waals surface area contributed by atoms with E-state index in [1.54, 1.807) is 6.33 Å². The van der Waals surface area contributed by atoms with Crippen molar-refractivity contribution >= 4 is 5.91 Å². The molecule has 1 saturated heterocycles. The van der Waals surface area contributed by atoms with Gasteiger partial charge in [0.2, 0.25) is 5.91 Å². The molecule has 0 saturated carbocycles. The number of benzene rings is 1. The summed E-state index contributed by atoms with van der Waals surface area (Å²) in [6, 6.07) is 12.2. The van der Waals surface area contributed by atoms with Crippen LogP contribution in [0.1, 0.15) is 35.6 Å². The van der Waals surface area contributed by atoms with Gasteiger partial charge in [0.15, 0.2) is 0 Å². The SMILES string of the molecule is Cc1noc(C)c1-c1cc(C[C@@H]2CCN(C(=O)CCc3ccccc3)C2)ncn1. The molecular weight excluding hydrogens is 364 g/mol. The van der Waals surface area contributed by atoms with Gasteiger partial charge < -0.3 is 9.42 Å². The highest BCUT2D eigenvalue weighted by atomic mass is 16.5. The van der Waals surface area contributed by atoms with Crippen molar-refractivity contribution in [3.8, 4) is 11.3 Å². The number of carbonyl (C=O) groups excluding carboxylic acids is 1. The molecular formula is C23H26N4O2. The van der Waals surface area contributed by atoms with Crippen LogP contribution in [0.15, 0.2) is 47.2 Å². The van der Waals surface area contributed by atoms with E-state index >= 15 is 0 Å². The third kappa shape index (κ3) is 4.53. The maximum atomic E-state index is 12.6. The Hall–Kier alpha value is -3.02. The van der Waals surface area contributed by atoms with E-state index in [-0.39, 0.29) is 5.91 Å². The summed E-state index contributed by atoms with van der Waals surface area (Å²) in [5, 5.41) is 4.01. The van der Waals surface area contributed by atoms with Crippen LogP contribution in [-0.2, 0) is 17.6 Å². The van der Waals surface area contributed by atoms with Gasteiger partial charge in [-0.1, -0.05) is 35.5 Å². The minimum absolute atomic E-state index is 0.246. The van der Waals surface area contributed by atoms with Crippen LogP contribution in [0.2, 0.25) is 0 Å². The standard InChI is InChI=1S/C23H26N4O2/c1-16-23(17(2)29-26-16)21-13-20(24-15-25-21)12-19-10-11-27(14-19)22(28)9-8-18-6-4-3-5-7-18/h3-7,13,15,19H,8-12,14H2,1-2H3/t19-/m0/s1. The van der Waals surface area contributed by atoms with Crippen molar-refractivity contribution in [2.75, 3.05) is 13.1 Å². The zero-order valence-corrected chi connectivity index (χ0v) is 17.0. The largest absolute Gasteiger partial charge is 0.361 e. The number of nitrogens with zero attached hydrogens (tertiary/aromatic N) is 4. The van der Waals surface area contributed by atoms with Crippen molar-refractivity contribution in [3.63, 3.8) is 0 Å². The van der Waals surface area contributed by atoms with Gasteiger partial charge in [-0.2, -0.15) is 0 Å². The van der Waals surface area contributed by atoms with Crippen LogP contribution in [0.4, 0.5) is 0 Å². The van der Waals surface area contributed by atoms with E-state index in [1.807, 2.05) is 43.0 Å². The fourth-order valence-corrected chi connectivity index (χ4v) is 4.07. The summed E-state index contributed by atoms with van der Waals surface area (Å²) in [6.07, 6.45) is 4.84. The van der Waals surface area contributed by atoms with Crippen LogP contribution in [0.5, 0.6) is 0 Å². The van der Waals surface area contributed by atoms with Crippen LogP contribution in [0.3, 0.4) is 0 Å². The van der Waals surface area contributed by atoms with Gasteiger partial charge in [-0.05, 0) is 50.7 Å². The molecule has 0 spiro atoms. The van der Waals surface area contributed by atoms with Gasteiger partial charge >= 0.3 is 0 Å². The van der Waals surface area contributed by atoms with Gasteiger partial charge in [-0.3, -0.25) is 4.79 Å². The number of carbonyl (C=O) groups is 1. The van der Waals surface area contributed by atoms with Gasteiger partial charge in [-0.15, -0.1) is 0 Å².